The summed E-state index contributed by atoms with van der Waals surface area (Å²) in [6, 6.07) is 14.9. The number of benzene rings is 2. The number of nitrogens with zero attached hydrogens (tertiary/aromatic N) is 2. The molecule has 0 bridgehead atoms. The van der Waals surface area contributed by atoms with Crippen LogP contribution in [0.25, 0.3) is 0 Å². The predicted octanol–water partition coefficient (Wildman–Crippen LogP) is 5.23. The summed E-state index contributed by atoms with van der Waals surface area (Å²) in [5.74, 6) is 1.61. The van der Waals surface area contributed by atoms with Crippen molar-refractivity contribution in [1.82, 2.24) is 9.80 Å². The molecule has 0 spiro atoms. The summed E-state index contributed by atoms with van der Waals surface area (Å²) < 4.78 is 17.0. The zero-order chi connectivity index (χ0) is 26.2. The largest absolute Gasteiger partial charge is 0.491 e. The normalized spacial score (nSPS) is 16.3. The van der Waals surface area contributed by atoms with Gasteiger partial charge in [0.2, 0.25) is 12.7 Å². The van der Waals surface area contributed by atoms with Gasteiger partial charge in [-0.2, -0.15) is 0 Å². The highest BCUT2D eigenvalue weighted by molar-refractivity contribution is 7.10. The van der Waals surface area contributed by atoms with Crippen molar-refractivity contribution >= 4 is 23.2 Å². The van der Waals surface area contributed by atoms with Gasteiger partial charge in [0.1, 0.15) is 18.9 Å². The van der Waals surface area contributed by atoms with E-state index in [4.69, 9.17) is 14.2 Å². The van der Waals surface area contributed by atoms with Crippen molar-refractivity contribution in [2.24, 2.45) is 0 Å². The summed E-state index contributed by atoms with van der Waals surface area (Å²) in [4.78, 5) is 32.2. The number of aryl methyl sites for hydroxylation is 1. The number of thiophene rings is 1. The Balaban J connectivity index is 1.36. The summed E-state index contributed by atoms with van der Waals surface area (Å²) in [6.45, 7) is 8.91. The van der Waals surface area contributed by atoms with Gasteiger partial charge in [-0.05, 0) is 81.5 Å². The van der Waals surface area contributed by atoms with E-state index >= 15 is 0 Å². The molecule has 2 aromatic carbocycles. The maximum atomic E-state index is 13.8. The Bertz CT molecular complexity index is 1290. The fourth-order valence-electron chi connectivity index (χ4n) is 4.71. The lowest BCUT2D eigenvalue weighted by molar-refractivity contribution is -0.136. The molecule has 0 aliphatic carbocycles. The zero-order valence-corrected chi connectivity index (χ0v) is 22.5. The number of hydrogen-bond donors (Lipinski definition) is 0. The Kier molecular flexibility index (Phi) is 6.86. The van der Waals surface area contributed by atoms with Crippen LogP contribution in [0.15, 0.2) is 53.9 Å². The monoisotopic (exact) mass is 520 g/mol. The lowest BCUT2D eigenvalue weighted by Gasteiger charge is -2.40. The molecule has 3 heterocycles. The third kappa shape index (κ3) is 5.30. The molecule has 0 radical (unpaired) electrons. The van der Waals surface area contributed by atoms with Crippen molar-refractivity contribution < 1.29 is 23.8 Å². The lowest BCUT2D eigenvalue weighted by atomic mass is 9.99. The minimum Gasteiger partial charge on any atom is -0.491 e. The van der Waals surface area contributed by atoms with E-state index in [9.17, 15) is 9.59 Å². The van der Waals surface area contributed by atoms with E-state index in [-0.39, 0.29) is 31.2 Å². The Labute approximate surface area is 221 Å². The van der Waals surface area contributed by atoms with Gasteiger partial charge < -0.3 is 24.0 Å². The van der Waals surface area contributed by atoms with Crippen LogP contribution in [-0.4, -0.2) is 53.6 Å². The van der Waals surface area contributed by atoms with Crippen LogP contribution in [0.1, 0.15) is 53.2 Å². The second-order valence-corrected chi connectivity index (χ2v) is 11.4. The second kappa shape index (κ2) is 10.1. The first kappa shape index (κ1) is 25.1. The Morgan fingerprint density at radius 3 is 2.59 bits per heavy atom. The molecule has 8 heteroatoms. The molecular weight excluding hydrogens is 488 g/mol. The van der Waals surface area contributed by atoms with Crippen LogP contribution in [0.2, 0.25) is 0 Å². The number of amides is 2. The van der Waals surface area contributed by atoms with E-state index in [2.05, 4.69) is 11.4 Å². The van der Waals surface area contributed by atoms with Gasteiger partial charge in [-0.25, -0.2) is 0 Å². The van der Waals surface area contributed by atoms with Gasteiger partial charge in [0.25, 0.3) is 5.91 Å². The summed E-state index contributed by atoms with van der Waals surface area (Å²) in [6.07, 6.45) is 0.797. The molecule has 5 rings (SSSR count). The van der Waals surface area contributed by atoms with Crippen LogP contribution in [0.3, 0.4) is 0 Å². The van der Waals surface area contributed by atoms with Crippen LogP contribution in [0.5, 0.6) is 17.2 Å². The zero-order valence-electron chi connectivity index (χ0n) is 21.7. The quantitative estimate of drug-likeness (QED) is 0.445. The van der Waals surface area contributed by atoms with E-state index < -0.39 is 5.54 Å². The first-order valence-electron chi connectivity index (χ1n) is 12.5. The highest BCUT2D eigenvalue weighted by atomic mass is 32.1. The summed E-state index contributed by atoms with van der Waals surface area (Å²) in [5.41, 5.74) is 2.18. The minimum absolute atomic E-state index is 0.0305. The van der Waals surface area contributed by atoms with Crippen LogP contribution < -0.4 is 14.2 Å². The van der Waals surface area contributed by atoms with E-state index in [0.29, 0.717) is 30.2 Å². The predicted molar refractivity (Wildman–Crippen MR) is 143 cm³/mol. The van der Waals surface area contributed by atoms with Crippen LogP contribution >= 0.6 is 11.3 Å². The fraction of sp³-hybridized carbons (Fsp3) is 0.379. The molecule has 3 aromatic rings. The van der Waals surface area contributed by atoms with Crippen LogP contribution in [0, 0.1) is 6.92 Å². The molecule has 0 unspecified atom stereocenters. The van der Waals surface area contributed by atoms with Crippen molar-refractivity contribution in [2.45, 2.75) is 45.7 Å². The molecule has 0 N–H and O–H groups in total. The van der Waals surface area contributed by atoms with Gasteiger partial charge in [0, 0.05) is 22.5 Å². The molecule has 1 atom stereocenters. The molecule has 7 nitrogen and oxygen atoms in total. The number of carbonyl (C=O) groups is 2. The molecule has 2 aliphatic rings. The third-order valence-corrected chi connectivity index (χ3v) is 7.81. The first-order valence-corrected chi connectivity index (χ1v) is 13.4. The van der Waals surface area contributed by atoms with E-state index in [1.54, 1.807) is 34.4 Å². The number of rotatable bonds is 6. The van der Waals surface area contributed by atoms with Crippen molar-refractivity contribution in [3.8, 4) is 17.2 Å². The SMILES string of the molecule is Cc1ccc(OC[C@@H]2c3ccsc3CCN2C(=O)CN(C(=O)c2ccc3c(c2)OCO3)C(C)(C)C)cc1. The number of hydrogen-bond acceptors (Lipinski definition) is 6. The van der Waals surface area contributed by atoms with Crippen LogP contribution in [0.4, 0.5) is 0 Å². The topological polar surface area (TPSA) is 68.3 Å². The highest BCUT2D eigenvalue weighted by Crippen LogP contribution is 2.35. The van der Waals surface area contributed by atoms with Crippen molar-refractivity contribution in [1.29, 1.82) is 0 Å². The number of fused-ring (bicyclic) bond motifs is 2. The Hall–Kier alpha value is -3.52. The summed E-state index contributed by atoms with van der Waals surface area (Å²) in [7, 11) is 0. The van der Waals surface area contributed by atoms with Gasteiger partial charge in [-0.1, -0.05) is 17.7 Å². The van der Waals surface area contributed by atoms with E-state index in [1.165, 1.54) is 4.88 Å². The van der Waals surface area contributed by atoms with Gasteiger partial charge in [0.15, 0.2) is 11.5 Å². The Morgan fingerprint density at radius 1 is 1.08 bits per heavy atom. The molecule has 0 fully saturated rings. The van der Waals surface area contributed by atoms with E-state index in [1.807, 2.05) is 56.9 Å². The minimum atomic E-state index is -0.569. The summed E-state index contributed by atoms with van der Waals surface area (Å²) in [5, 5.41) is 2.07. The standard InChI is InChI=1S/C29H32N2O5S/c1-19-5-8-21(9-6-19)34-17-23-22-12-14-37-26(22)11-13-30(23)27(32)16-31(29(2,3)4)28(33)20-7-10-24-25(15-20)36-18-35-24/h5-10,12,14-15,23H,11,13,16-18H2,1-4H3/t23-/m1/s1. The number of carbonyl (C=O) groups excluding carboxylic acids is 2. The number of ether oxygens (including phenoxy) is 3. The molecule has 37 heavy (non-hydrogen) atoms. The maximum absolute atomic E-state index is 13.8. The van der Waals surface area contributed by atoms with Crippen molar-refractivity contribution in [2.75, 3.05) is 26.5 Å². The molecule has 194 valence electrons. The van der Waals surface area contributed by atoms with Crippen molar-refractivity contribution in [3.05, 3.63) is 75.5 Å². The summed E-state index contributed by atoms with van der Waals surface area (Å²) >= 11 is 1.72. The fourth-order valence-corrected chi connectivity index (χ4v) is 5.64. The molecular formula is C29H32N2O5S. The lowest BCUT2D eigenvalue weighted by Crippen LogP contribution is -2.53. The van der Waals surface area contributed by atoms with Crippen LogP contribution in [-0.2, 0) is 11.2 Å². The second-order valence-electron chi connectivity index (χ2n) is 10.4. The molecule has 2 aliphatic heterocycles. The van der Waals surface area contributed by atoms with Gasteiger partial charge in [-0.15, -0.1) is 11.3 Å². The molecule has 0 saturated heterocycles. The Morgan fingerprint density at radius 2 is 1.84 bits per heavy atom. The molecule has 2 amide bonds. The maximum Gasteiger partial charge on any atom is 0.254 e. The average molecular weight is 521 g/mol. The smallest absolute Gasteiger partial charge is 0.254 e. The highest BCUT2D eigenvalue weighted by Gasteiger charge is 2.36. The molecule has 1 aromatic heterocycles. The van der Waals surface area contributed by atoms with Gasteiger partial charge in [-0.3, -0.25) is 9.59 Å². The van der Waals surface area contributed by atoms with E-state index in [0.717, 1.165) is 23.3 Å². The average Bonchev–Trinajstić information content (AvgIpc) is 3.54. The van der Waals surface area contributed by atoms with Gasteiger partial charge in [0.05, 0.1) is 6.04 Å². The molecule has 0 saturated carbocycles. The van der Waals surface area contributed by atoms with Gasteiger partial charge >= 0.3 is 0 Å². The first-order chi connectivity index (χ1) is 17.7. The van der Waals surface area contributed by atoms with Crippen molar-refractivity contribution in [3.63, 3.8) is 0 Å². The third-order valence-electron chi connectivity index (χ3n) is 6.81.